The molecule has 8 nitrogen and oxygen atoms in total. The van der Waals surface area contributed by atoms with E-state index in [-0.39, 0.29) is 16.1 Å². The molecule has 0 saturated heterocycles. The molecule has 9 heteroatoms. The van der Waals surface area contributed by atoms with Crippen molar-refractivity contribution in [1.29, 1.82) is 0 Å². The summed E-state index contributed by atoms with van der Waals surface area (Å²) in [5.41, 5.74) is 8.33. The van der Waals surface area contributed by atoms with Gasteiger partial charge in [-0.3, -0.25) is 0 Å². The number of carbonyl (C=O) groups is 1. The number of allylic oxidation sites excluding steroid dienone is 2. The van der Waals surface area contributed by atoms with Crippen molar-refractivity contribution in [3.63, 3.8) is 0 Å². The third-order valence-electron chi connectivity index (χ3n) is 2.80. The number of carboxylic acids is 1. The zero-order valence-electron chi connectivity index (χ0n) is 11.0. The Morgan fingerprint density at radius 3 is 2.60 bits per heavy atom. The topological polar surface area (TPSA) is 123 Å². The summed E-state index contributed by atoms with van der Waals surface area (Å²) in [5.74, 6) is -2.00. The molecule has 0 radical (unpaired) electrons. The minimum Gasteiger partial charge on any atom is -0.478 e. The third kappa shape index (κ3) is 3.70. The molecule has 0 aliphatic heterocycles. The molecule has 0 aromatic carbocycles. The summed E-state index contributed by atoms with van der Waals surface area (Å²) in [4.78, 5) is 15.6. The molecule has 0 bridgehead atoms. The van der Waals surface area contributed by atoms with Gasteiger partial charge in [-0.1, -0.05) is 5.11 Å². The number of aliphatic carboxylic acids is 1. The van der Waals surface area contributed by atoms with E-state index in [4.69, 9.17) is 10.6 Å². The van der Waals surface area contributed by atoms with Crippen LogP contribution >= 0.6 is 0 Å². The number of azide groups is 1. The fourth-order valence-electron chi connectivity index (χ4n) is 1.88. The normalized spacial score (nSPS) is 18.1. The maximum Gasteiger partial charge on any atom is 0.335 e. The molecule has 0 fully saturated rings. The quantitative estimate of drug-likeness (QED) is 0.348. The van der Waals surface area contributed by atoms with Crippen LogP contribution in [0, 0.1) is 5.92 Å². The molecule has 1 unspecified atom stereocenters. The summed E-state index contributed by atoms with van der Waals surface area (Å²) in [7, 11) is 1.12. The lowest BCUT2D eigenvalue weighted by molar-refractivity contribution is -0.132. The SMILES string of the molecule is CN(C)CCC1C(N=[N+]=[N-])=C(C(=O)O)C=CC1=S(=O)=O. The van der Waals surface area contributed by atoms with Crippen LogP contribution in [0.3, 0.4) is 0 Å². The van der Waals surface area contributed by atoms with Crippen molar-refractivity contribution in [1.82, 2.24) is 4.90 Å². The summed E-state index contributed by atoms with van der Waals surface area (Å²) in [6, 6.07) is 0. The standard InChI is InChI=1S/C11H14N4O4S/c1-15(2)6-5-7-9(20(18)19)4-3-8(11(16)17)10(7)13-14-12/h3-4,7H,5-6H2,1-2H3,(H,16,17). The number of carboxylic acid groups (broad SMARTS) is 1. The highest BCUT2D eigenvalue weighted by Crippen LogP contribution is 2.28. The predicted octanol–water partition coefficient (Wildman–Crippen LogP) is 0.825. The Morgan fingerprint density at radius 2 is 2.15 bits per heavy atom. The average Bonchev–Trinajstić information content (AvgIpc) is 2.36. The maximum absolute atomic E-state index is 11.2. The van der Waals surface area contributed by atoms with Gasteiger partial charge in [-0.15, -0.1) is 0 Å². The smallest absolute Gasteiger partial charge is 0.335 e. The lowest BCUT2D eigenvalue weighted by Crippen LogP contribution is -2.26. The average molecular weight is 298 g/mol. The van der Waals surface area contributed by atoms with E-state index >= 15 is 0 Å². The van der Waals surface area contributed by atoms with Crippen LogP contribution in [-0.2, 0) is 15.1 Å². The monoisotopic (exact) mass is 298 g/mol. The minimum absolute atomic E-state index is 0.0271. The van der Waals surface area contributed by atoms with Gasteiger partial charge < -0.3 is 10.0 Å². The van der Waals surface area contributed by atoms with Crippen molar-refractivity contribution in [2.75, 3.05) is 20.6 Å². The van der Waals surface area contributed by atoms with Gasteiger partial charge in [-0.25, -0.2) is 4.79 Å². The summed E-state index contributed by atoms with van der Waals surface area (Å²) < 4.78 is 22.5. The van der Waals surface area contributed by atoms with Crippen LogP contribution in [0.1, 0.15) is 6.42 Å². The second-order valence-corrected chi connectivity index (χ2v) is 5.35. The van der Waals surface area contributed by atoms with Crippen LogP contribution in [0.15, 0.2) is 28.5 Å². The molecule has 0 saturated carbocycles. The first-order valence-electron chi connectivity index (χ1n) is 5.70. The third-order valence-corrected chi connectivity index (χ3v) is 3.61. The first-order valence-corrected chi connectivity index (χ1v) is 6.77. The molecule has 20 heavy (non-hydrogen) atoms. The number of nitrogens with zero attached hydrogens (tertiary/aromatic N) is 4. The molecule has 1 aliphatic rings. The van der Waals surface area contributed by atoms with Gasteiger partial charge in [0.05, 0.1) is 10.4 Å². The van der Waals surface area contributed by atoms with Crippen LogP contribution < -0.4 is 0 Å². The van der Waals surface area contributed by atoms with Crippen LogP contribution in [0.5, 0.6) is 0 Å². The number of hydrogen-bond acceptors (Lipinski definition) is 5. The molecule has 0 amide bonds. The van der Waals surface area contributed by atoms with E-state index in [0.29, 0.717) is 13.0 Å². The van der Waals surface area contributed by atoms with Gasteiger partial charge in [0.15, 0.2) is 0 Å². The highest BCUT2D eigenvalue weighted by molar-refractivity contribution is 7.73. The van der Waals surface area contributed by atoms with Gasteiger partial charge in [0.1, 0.15) is 0 Å². The Morgan fingerprint density at radius 1 is 1.50 bits per heavy atom. The van der Waals surface area contributed by atoms with Crippen LogP contribution in [-0.4, -0.2) is 49.9 Å². The molecule has 1 rings (SSSR count). The predicted molar refractivity (Wildman–Crippen MR) is 73.5 cm³/mol. The Kier molecular flexibility index (Phi) is 5.51. The summed E-state index contributed by atoms with van der Waals surface area (Å²) in [5, 5.41) is 12.5. The van der Waals surface area contributed by atoms with Crippen LogP contribution in [0.2, 0.25) is 0 Å². The molecule has 1 aliphatic carbocycles. The van der Waals surface area contributed by atoms with Crippen molar-refractivity contribution in [2.24, 2.45) is 11.0 Å². The number of rotatable bonds is 5. The largest absolute Gasteiger partial charge is 0.478 e. The Bertz CT molecular complexity index is 646. The Labute approximate surface area is 117 Å². The van der Waals surface area contributed by atoms with Gasteiger partial charge in [0.25, 0.3) is 0 Å². The van der Waals surface area contributed by atoms with Gasteiger partial charge >= 0.3 is 5.97 Å². The molecular formula is C11H14N4O4S. The maximum atomic E-state index is 11.2. The fraction of sp³-hybridized carbons (Fsp3) is 0.455. The molecule has 0 heterocycles. The van der Waals surface area contributed by atoms with Crippen molar-refractivity contribution in [3.05, 3.63) is 33.9 Å². The molecule has 0 aromatic rings. The molecule has 0 spiro atoms. The van der Waals surface area contributed by atoms with Gasteiger partial charge in [0, 0.05) is 16.5 Å². The van der Waals surface area contributed by atoms with Gasteiger partial charge in [-0.2, -0.15) is 8.42 Å². The summed E-state index contributed by atoms with van der Waals surface area (Å²) in [6.07, 6.45) is 2.72. The molecule has 1 N–H and O–H groups in total. The molecule has 108 valence electrons. The second kappa shape index (κ2) is 6.90. The van der Waals surface area contributed by atoms with Crippen molar-refractivity contribution < 1.29 is 18.3 Å². The lowest BCUT2D eigenvalue weighted by atomic mass is 9.89. The molecular weight excluding hydrogens is 284 g/mol. The van der Waals surface area contributed by atoms with E-state index in [0.717, 1.165) is 6.08 Å². The molecule has 0 aromatic heterocycles. The fourth-order valence-corrected chi connectivity index (χ4v) is 2.52. The first-order chi connectivity index (χ1) is 9.38. The molecule has 1 atom stereocenters. The zero-order chi connectivity index (χ0) is 15.3. The van der Waals surface area contributed by atoms with E-state index in [1.807, 2.05) is 19.0 Å². The number of hydrogen-bond donors (Lipinski definition) is 1. The van der Waals surface area contributed by atoms with E-state index in [1.165, 1.54) is 6.08 Å². The van der Waals surface area contributed by atoms with E-state index in [9.17, 15) is 13.2 Å². The van der Waals surface area contributed by atoms with Gasteiger partial charge in [-0.05, 0) is 44.7 Å². The van der Waals surface area contributed by atoms with Crippen LogP contribution in [0.25, 0.3) is 10.4 Å². The van der Waals surface area contributed by atoms with Crippen LogP contribution in [0.4, 0.5) is 0 Å². The second-order valence-electron chi connectivity index (χ2n) is 4.41. The Balaban J connectivity index is 3.39. The van der Waals surface area contributed by atoms with E-state index in [2.05, 4.69) is 10.0 Å². The summed E-state index contributed by atoms with van der Waals surface area (Å²) >= 11 is 0. The van der Waals surface area contributed by atoms with Crippen molar-refractivity contribution in [2.45, 2.75) is 6.42 Å². The first kappa shape index (κ1) is 16.0. The highest BCUT2D eigenvalue weighted by atomic mass is 32.2. The van der Waals surface area contributed by atoms with E-state index in [1.54, 1.807) is 0 Å². The van der Waals surface area contributed by atoms with Crippen molar-refractivity contribution in [3.8, 4) is 0 Å². The summed E-state index contributed by atoms with van der Waals surface area (Å²) in [6.45, 7) is 0.524. The zero-order valence-corrected chi connectivity index (χ0v) is 11.8. The Hall–Kier alpha value is -2.09. The highest BCUT2D eigenvalue weighted by Gasteiger charge is 2.28. The van der Waals surface area contributed by atoms with E-state index < -0.39 is 22.2 Å². The van der Waals surface area contributed by atoms with Gasteiger partial charge in [0.2, 0.25) is 10.3 Å². The minimum atomic E-state index is -2.50. The lowest BCUT2D eigenvalue weighted by Gasteiger charge is -2.22. The van der Waals surface area contributed by atoms with Crippen molar-refractivity contribution >= 4 is 21.1 Å².